The van der Waals surface area contributed by atoms with Gasteiger partial charge in [-0.3, -0.25) is 9.59 Å². The molecule has 0 aromatic heterocycles. The van der Waals surface area contributed by atoms with E-state index in [1.165, 1.54) is 6.92 Å². The van der Waals surface area contributed by atoms with Gasteiger partial charge in [-0.05, 0) is 36.6 Å². The molecule has 0 aliphatic carbocycles. The number of para-hydroxylation sites is 1. The molecule has 1 saturated heterocycles. The number of urea groups is 1. The Bertz CT molecular complexity index is 1000. The van der Waals surface area contributed by atoms with Gasteiger partial charge in [-0.2, -0.15) is 0 Å². The highest BCUT2D eigenvalue weighted by atomic mass is 16.5. The van der Waals surface area contributed by atoms with Crippen LogP contribution in [-0.2, 0) is 16.0 Å². The lowest BCUT2D eigenvalue weighted by molar-refractivity contribution is -0.128. The van der Waals surface area contributed by atoms with Gasteiger partial charge in [0.15, 0.2) is 0 Å². The molecule has 1 aliphatic heterocycles. The van der Waals surface area contributed by atoms with Gasteiger partial charge in [-0.1, -0.05) is 24.3 Å². The average molecular weight is 469 g/mol. The Labute approximate surface area is 199 Å². The Hall–Kier alpha value is -3.75. The summed E-state index contributed by atoms with van der Waals surface area (Å²) in [5.41, 5.74) is 1.50. The summed E-state index contributed by atoms with van der Waals surface area (Å²) in [6, 6.07) is 13.6. The zero-order valence-electron chi connectivity index (χ0n) is 19.8. The first kappa shape index (κ1) is 24.9. The van der Waals surface area contributed by atoms with Gasteiger partial charge in [0, 0.05) is 44.2 Å². The van der Waals surface area contributed by atoms with Gasteiger partial charge < -0.3 is 30.3 Å². The number of nitrogens with one attached hydrogen (secondary N) is 3. The lowest BCUT2D eigenvalue weighted by Crippen LogP contribution is -2.53. The maximum Gasteiger partial charge on any atom is 0.321 e. The Morgan fingerprint density at radius 3 is 2.44 bits per heavy atom. The number of ether oxygens (including phenoxy) is 2. The van der Waals surface area contributed by atoms with Gasteiger partial charge in [-0.25, -0.2) is 4.79 Å². The number of piperidine rings is 1. The molecule has 3 rings (SSSR count). The number of amides is 4. The van der Waals surface area contributed by atoms with E-state index in [2.05, 4.69) is 16.0 Å². The van der Waals surface area contributed by atoms with Crippen molar-refractivity contribution in [2.45, 2.75) is 38.3 Å². The third-order valence-electron chi connectivity index (χ3n) is 5.76. The lowest BCUT2D eigenvalue weighted by Gasteiger charge is -2.33. The number of rotatable bonds is 8. The fourth-order valence-electron chi connectivity index (χ4n) is 3.98. The molecule has 1 atom stereocenters. The van der Waals surface area contributed by atoms with Gasteiger partial charge >= 0.3 is 6.03 Å². The molecule has 0 spiro atoms. The Balaban J connectivity index is 1.54. The van der Waals surface area contributed by atoms with Crippen LogP contribution in [0.2, 0.25) is 0 Å². The number of hydrogen-bond donors (Lipinski definition) is 3. The predicted molar refractivity (Wildman–Crippen MR) is 129 cm³/mol. The van der Waals surface area contributed by atoms with Crippen molar-refractivity contribution in [2.75, 3.05) is 32.6 Å². The second-order valence-electron chi connectivity index (χ2n) is 8.20. The van der Waals surface area contributed by atoms with E-state index < -0.39 is 6.04 Å². The van der Waals surface area contributed by atoms with Crippen molar-refractivity contribution in [2.24, 2.45) is 0 Å². The highest BCUT2D eigenvalue weighted by molar-refractivity contribution is 5.90. The molecular weight excluding hydrogens is 436 g/mol. The summed E-state index contributed by atoms with van der Waals surface area (Å²) in [7, 11) is 3.15. The molecule has 2 aromatic carbocycles. The first-order chi connectivity index (χ1) is 16.4. The van der Waals surface area contributed by atoms with Crippen LogP contribution in [0.15, 0.2) is 48.5 Å². The second kappa shape index (κ2) is 11.9. The van der Waals surface area contributed by atoms with E-state index in [9.17, 15) is 14.4 Å². The van der Waals surface area contributed by atoms with Crippen LogP contribution in [0.5, 0.6) is 11.5 Å². The highest BCUT2D eigenvalue weighted by Crippen LogP contribution is 2.20. The quantitative estimate of drug-likeness (QED) is 0.552. The highest BCUT2D eigenvalue weighted by Gasteiger charge is 2.27. The van der Waals surface area contributed by atoms with Crippen LogP contribution in [0.3, 0.4) is 0 Å². The number of carbonyl (C=O) groups excluding carboxylic acids is 3. The van der Waals surface area contributed by atoms with Crippen molar-refractivity contribution in [3.63, 3.8) is 0 Å². The van der Waals surface area contributed by atoms with E-state index in [-0.39, 0.29) is 23.9 Å². The Morgan fingerprint density at radius 2 is 1.76 bits per heavy atom. The van der Waals surface area contributed by atoms with Gasteiger partial charge in [0.1, 0.15) is 17.5 Å². The maximum atomic E-state index is 13.0. The van der Waals surface area contributed by atoms with Crippen LogP contribution < -0.4 is 25.4 Å². The fraction of sp³-hybridized carbons (Fsp3) is 0.400. The molecule has 3 N–H and O–H groups in total. The normalized spacial score (nSPS) is 14.6. The van der Waals surface area contributed by atoms with Crippen LogP contribution in [0.25, 0.3) is 0 Å². The van der Waals surface area contributed by atoms with Crippen molar-refractivity contribution in [1.82, 2.24) is 15.5 Å². The lowest BCUT2D eigenvalue weighted by atomic mass is 10.0. The number of benzene rings is 2. The molecule has 0 bridgehead atoms. The third-order valence-corrected chi connectivity index (χ3v) is 5.76. The monoisotopic (exact) mass is 468 g/mol. The van der Waals surface area contributed by atoms with Crippen molar-refractivity contribution in [1.29, 1.82) is 0 Å². The Kier molecular flexibility index (Phi) is 8.73. The van der Waals surface area contributed by atoms with E-state index >= 15 is 0 Å². The first-order valence-electron chi connectivity index (χ1n) is 11.3. The van der Waals surface area contributed by atoms with Crippen molar-refractivity contribution < 1.29 is 23.9 Å². The van der Waals surface area contributed by atoms with Crippen LogP contribution in [0.4, 0.5) is 10.5 Å². The predicted octanol–water partition coefficient (Wildman–Crippen LogP) is 2.56. The SMILES string of the molecule is COc1cccc(NC(=O)N2CCC(NC(=O)C(Cc3ccccc3OC)NC(C)=O)CC2)c1. The minimum Gasteiger partial charge on any atom is -0.497 e. The third kappa shape index (κ3) is 6.87. The molecule has 1 aliphatic rings. The molecule has 4 amide bonds. The van der Waals surface area contributed by atoms with Crippen molar-refractivity contribution in [3.05, 3.63) is 54.1 Å². The average Bonchev–Trinajstić information content (AvgIpc) is 2.84. The van der Waals surface area contributed by atoms with Crippen molar-refractivity contribution >= 4 is 23.5 Å². The van der Waals surface area contributed by atoms with Crippen LogP contribution >= 0.6 is 0 Å². The van der Waals surface area contributed by atoms with Crippen molar-refractivity contribution in [3.8, 4) is 11.5 Å². The summed E-state index contributed by atoms with van der Waals surface area (Å²) >= 11 is 0. The second-order valence-corrected chi connectivity index (χ2v) is 8.20. The topological polar surface area (TPSA) is 109 Å². The van der Waals surface area contributed by atoms with E-state index in [1.54, 1.807) is 31.3 Å². The molecule has 0 saturated carbocycles. The Morgan fingerprint density at radius 1 is 1.03 bits per heavy atom. The van der Waals surface area contributed by atoms with E-state index in [1.807, 2.05) is 36.4 Å². The van der Waals surface area contributed by atoms with Gasteiger partial charge in [0.25, 0.3) is 0 Å². The summed E-state index contributed by atoms with van der Waals surface area (Å²) in [6.45, 7) is 2.41. The van der Waals surface area contributed by atoms with Gasteiger partial charge in [-0.15, -0.1) is 0 Å². The molecule has 34 heavy (non-hydrogen) atoms. The smallest absolute Gasteiger partial charge is 0.321 e. The summed E-state index contributed by atoms with van der Waals surface area (Å²) in [5, 5.41) is 8.66. The van der Waals surface area contributed by atoms with Crippen LogP contribution in [0, 0.1) is 0 Å². The fourth-order valence-corrected chi connectivity index (χ4v) is 3.98. The summed E-state index contributed by atoms with van der Waals surface area (Å²) in [6.07, 6.45) is 1.56. The number of hydrogen-bond acceptors (Lipinski definition) is 5. The van der Waals surface area contributed by atoms with Gasteiger partial charge in [0.05, 0.1) is 14.2 Å². The molecule has 9 heteroatoms. The number of likely N-dealkylation sites (tertiary alicyclic amines) is 1. The first-order valence-corrected chi connectivity index (χ1v) is 11.3. The standard InChI is InChI=1S/C25H32N4O5/c1-17(30)26-22(15-18-7-4-5-10-23(18)34-3)24(31)27-19-11-13-29(14-12-19)25(32)28-20-8-6-9-21(16-20)33-2/h4-10,16,19,22H,11-15H2,1-3H3,(H,26,30)(H,27,31)(H,28,32). The van der Waals surface area contributed by atoms with E-state index in [0.29, 0.717) is 49.5 Å². The van der Waals surface area contributed by atoms with Gasteiger partial charge in [0.2, 0.25) is 11.8 Å². The zero-order chi connectivity index (χ0) is 24.5. The molecule has 1 heterocycles. The number of nitrogens with zero attached hydrogens (tertiary/aromatic N) is 1. The minimum atomic E-state index is -0.719. The zero-order valence-corrected chi connectivity index (χ0v) is 19.8. The molecule has 1 unspecified atom stereocenters. The maximum absolute atomic E-state index is 13.0. The number of methoxy groups -OCH3 is 2. The van der Waals surface area contributed by atoms with Crippen LogP contribution in [-0.4, -0.2) is 62.1 Å². The van der Waals surface area contributed by atoms with Crippen LogP contribution in [0.1, 0.15) is 25.3 Å². The minimum absolute atomic E-state index is 0.0812. The summed E-state index contributed by atoms with van der Waals surface area (Å²) in [5.74, 6) is 0.807. The van der Waals surface area contributed by atoms with E-state index in [4.69, 9.17) is 9.47 Å². The summed E-state index contributed by atoms with van der Waals surface area (Å²) < 4.78 is 10.6. The molecule has 182 valence electrons. The largest absolute Gasteiger partial charge is 0.497 e. The molecule has 0 radical (unpaired) electrons. The number of carbonyl (C=O) groups is 3. The molecule has 1 fully saturated rings. The molecular formula is C25H32N4O5. The summed E-state index contributed by atoms with van der Waals surface area (Å²) in [4.78, 5) is 39.1. The number of anilines is 1. The molecule has 2 aromatic rings. The molecule has 9 nitrogen and oxygen atoms in total. The van der Waals surface area contributed by atoms with E-state index in [0.717, 1.165) is 5.56 Å².